The van der Waals surface area contributed by atoms with Gasteiger partial charge < -0.3 is 20.5 Å². The molecule has 162 valence electrons. The van der Waals surface area contributed by atoms with Crippen LogP contribution in [0.5, 0.6) is 17.2 Å². The predicted molar refractivity (Wildman–Crippen MR) is 109 cm³/mol. The molecule has 1 aliphatic carbocycles. The van der Waals surface area contributed by atoms with Gasteiger partial charge in [0.2, 0.25) is 6.41 Å². The predicted octanol–water partition coefficient (Wildman–Crippen LogP) is 3.11. The van der Waals surface area contributed by atoms with Crippen molar-refractivity contribution in [3.8, 4) is 23.3 Å². The Bertz CT molecular complexity index is 1170. The number of ether oxygens (including phenoxy) is 2. The smallest absolute Gasteiger partial charge is 0.212 e. The Hall–Kier alpha value is -4.10. The molecule has 2 aliphatic rings. The fraction of sp³-hybridized carbons (Fsp3) is 0.182. The molecule has 3 N–H and O–H groups in total. The zero-order chi connectivity index (χ0) is 22.7. The maximum absolute atomic E-state index is 13.4. The zero-order valence-electron chi connectivity index (χ0n) is 16.5. The number of pyridine rings is 2. The van der Waals surface area contributed by atoms with Crippen molar-refractivity contribution in [2.75, 3.05) is 11.9 Å². The van der Waals surface area contributed by atoms with Gasteiger partial charge in [-0.15, -0.1) is 0 Å². The summed E-state index contributed by atoms with van der Waals surface area (Å²) in [4.78, 5) is 18.0. The summed E-state index contributed by atoms with van der Waals surface area (Å²) in [5.74, 6) is 0.718. The molecule has 5 rings (SSSR count). The fourth-order valence-corrected chi connectivity index (χ4v) is 3.44. The lowest BCUT2D eigenvalue weighted by atomic mass is 10.0. The van der Waals surface area contributed by atoms with Gasteiger partial charge in [0, 0.05) is 23.4 Å². The Morgan fingerprint density at radius 1 is 1.12 bits per heavy atom. The van der Waals surface area contributed by atoms with Gasteiger partial charge in [0.25, 0.3) is 0 Å². The van der Waals surface area contributed by atoms with Crippen LogP contribution < -0.4 is 20.5 Å². The minimum absolute atomic E-state index is 0.0468. The average Bonchev–Trinajstić information content (AvgIpc) is 3.48. The first-order valence-electron chi connectivity index (χ1n) is 9.58. The number of benzene rings is 1. The van der Waals surface area contributed by atoms with Gasteiger partial charge >= 0.3 is 0 Å². The van der Waals surface area contributed by atoms with E-state index in [1.807, 2.05) is 6.07 Å². The van der Waals surface area contributed by atoms with Crippen molar-refractivity contribution in [3.63, 3.8) is 0 Å². The van der Waals surface area contributed by atoms with E-state index in [-0.39, 0.29) is 23.6 Å². The molecule has 1 fully saturated rings. The van der Waals surface area contributed by atoms with Crippen molar-refractivity contribution in [2.45, 2.75) is 12.0 Å². The number of nitrogens with zero attached hydrogens (tertiary/aromatic N) is 3. The number of fused-ring (bicyclic) bond motifs is 3. The number of rotatable bonds is 4. The number of nitrogens with one attached hydrogen (secondary N) is 1. The third kappa shape index (κ3) is 4.33. The minimum atomic E-state index is -0.501. The van der Waals surface area contributed by atoms with E-state index >= 15 is 0 Å². The second kappa shape index (κ2) is 8.95. The van der Waals surface area contributed by atoms with Crippen molar-refractivity contribution < 1.29 is 23.0 Å². The number of hydrogen-bond acceptors (Lipinski definition) is 7. The molecule has 3 heterocycles. The van der Waals surface area contributed by atoms with Crippen LogP contribution in [0.15, 0.2) is 48.8 Å². The molecule has 1 saturated carbocycles. The van der Waals surface area contributed by atoms with Crippen molar-refractivity contribution in [1.29, 1.82) is 5.26 Å². The highest BCUT2D eigenvalue weighted by atomic mass is 19.1. The lowest BCUT2D eigenvalue weighted by molar-refractivity contribution is -0.105. The highest BCUT2D eigenvalue weighted by molar-refractivity contribution is 5.68. The molecular formula is C22H17F2N5O3. The second-order valence-electron chi connectivity index (χ2n) is 7.08. The molecule has 3 aromatic rings. The van der Waals surface area contributed by atoms with Crippen molar-refractivity contribution in [2.24, 2.45) is 11.7 Å². The van der Waals surface area contributed by atoms with E-state index in [2.05, 4.69) is 15.3 Å². The summed E-state index contributed by atoms with van der Waals surface area (Å²) < 4.78 is 37.3. The van der Waals surface area contributed by atoms with Gasteiger partial charge in [0.05, 0.1) is 19.0 Å². The maximum Gasteiger partial charge on any atom is 0.212 e. The molecule has 8 nitrogen and oxygen atoms in total. The average molecular weight is 437 g/mol. The Balaban J connectivity index is 0.000000157. The number of carbonyl (C=O) groups is 1. The van der Waals surface area contributed by atoms with E-state index < -0.39 is 11.6 Å². The molecule has 1 aromatic carbocycles. The molecule has 1 amide bonds. The molecule has 10 heteroatoms. The van der Waals surface area contributed by atoms with Crippen LogP contribution in [0.25, 0.3) is 0 Å². The van der Waals surface area contributed by atoms with Crippen LogP contribution in [0, 0.1) is 28.9 Å². The number of aromatic nitrogens is 2. The van der Waals surface area contributed by atoms with Crippen LogP contribution in [0.3, 0.4) is 0 Å². The molecule has 3 unspecified atom stereocenters. The first-order valence-corrected chi connectivity index (χ1v) is 9.58. The van der Waals surface area contributed by atoms with Gasteiger partial charge in [-0.2, -0.15) is 5.26 Å². The largest absolute Gasteiger partial charge is 0.490 e. The molecule has 0 spiro atoms. The van der Waals surface area contributed by atoms with Crippen LogP contribution in [0.4, 0.5) is 14.6 Å². The van der Waals surface area contributed by atoms with E-state index in [1.165, 1.54) is 12.4 Å². The summed E-state index contributed by atoms with van der Waals surface area (Å²) >= 11 is 0. The SMILES string of the molecule is N#Cc1ccc(Oc2ccc(NC=O)nc2)cn1.NC1C2COc3c(F)ccc(F)c3C12. The summed E-state index contributed by atoms with van der Waals surface area (Å²) in [5.41, 5.74) is 6.39. The lowest BCUT2D eigenvalue weighted by Gasteiger charge is -2.16. The fourth-order valence-electron chi connectivity index (χ4n) is 3.44. The van der Waals surface area contributed by atoms with Crippen LogP contribution in [0.2, 0.25) is 0 Å². The van der Waals surface area contributed by atoms with Crippen LogP contribution in [-0.2, 0) is 4.79 Å². The van der Waals surface area contributed by atoms with Gasteiger partial charge in [-0.3, -0.25) is 4.79 Å². The van der Waals surface area contributed by atoms with Crippen molar-refractivity contribution >= 4 is 12.2 Å². The summed E-state index contributed by atoms with van der Waals surface area (Å²) in [6, 6.07) is 10.5. The summed E-state index contributed by atoms with van der Waals surface area (Å²) in [6.45, 7) is 0.402. The Kier molecular flexibility index (Phi) is 5.91. The topological polar surface area (TPSA) is 123 Å². The third-order valence-corrected chi connectivity index (χ3v) is 5.11. The molecule has 2 aromatic heterocycles. The molecule has 0 radical (unpaired) electrons. The van der Waals surface area contributed by atoms with E-state index in [4.69, 9.17) is 20.5 Å². The number of halogens is 2. The van der Waals surface area contributed by atoms with Crippen LogP contribution in [0.1, 0.15) is 17.2 Å². The summed E-state index contributed by atoms with van der Waals surface area (Å²) in [5, 5.41) is 11.0. The first kappa shape index (κ1) is 21.1. The number of nitriles is 1. The number of carbonyl (C=O) groups excluding carboxylic acids is 1. The molecule has 3 atom stereocenters. The van der Waals surface area contributed by atoms with Crippen LogP contribution >= 0.6 is 0 Å². The molecule has 0 saturated heterocycles. The van der Waals surface area contributed by atoms with Crippen LogP contribution in [-0.4, -0.2) is 29.0 Å². The minimum Gasteiger partial charge on any atom is -0.490 e. The quantitative estimate of drug-likeness (QED) is 0.601. The number of anilines is 1. The van der Waals surface area contributed by atoms with E-state index in [0.717, 1.165) is 12.1 Å². The normalized spacial score (nSPS) is 19.6. The molecular weight excluding hydrogens is 420 g/mol. The first-order chi connectivity index (χ1) is 15.5. The monoisotopic (exact) mass is 437 g/mol. The highest BCUT2D eigenvalue weighted by Crippen LogP contribution is 2.54. The van der Waals surface area contributed by atoms with Crippen molar-refractivity contribution in [3.05, 3.63) is 71.7 Å². The maximum atomic E-state index is 13.4. The molecule has 32 heavy (non-hydrogen) atoms. The number of amides is 1. The Labute approximate surface area is 181 Å². The molecule has 0 bridgehead atoms. The summed E-state index contributed by atoms with van der Waals surface area (Å²) in [7, 11) is 0. The van der Waals surface area contributed by atoms with Crippen molar-refractivity contribution in [1.82, 2.24) is 9.97 Å². The summed E-state index contributed by atoms with van der Waals surface area (Å²) in [6.07, 6.45) is 3.48. The van der Waals surface area contributed by atoms with E-state index in [1.54, 1.807) is 24.3 Å². The highest BCUT2D eigenvalue weighted by Gasteiger charge is 2.54. The third-order valence-electron chi connectivity index (χ3n) is 5.11. The lowest BCUT2D eigenvalue weighted by Crippen LogP contribution is -2.11. The standard InChI is InChI=1S/C12H8N4O2.C10H9F2NO/c13-5-9-1-2-10(6-14-9)18-11-3-4-12(15-7-11)16-8-17;11-5-1-2-6(12)10-8(5)7-4(3-14-10)9(7)13/h1-4,6-8H,(H,15,16,17);1-2,4,7,9H,3,13H2. The molecule has 1 aliphatic heterocycles. The second-order valence-corrected chi connectivity index (χ2v) is 7.08. The zero-order valence-corrected chi connectivity index (χ0v) is 16.5. The van der Waals surface area contributed by atoms with Gasteiger partial charge in [-0.05, 0) is 36.4 Å². The van der Waals surface area contributed by atoms with E-state index in [9.17, 15) is 13.6 Å². The van der Waals surface area contributed by atoms with Gasteiger partial charge in [-0.1, -0.05) is 0 Å². The van der Waals surface area contributed by atoms with Gasteiger partial charge in [0.15, 0.2) is 11.6 Å². The number of nitrogens with two attached hydrogens (primary N) is 1. The Morgan fingerprint density at radius 3 is 2.47 bits per heavy atom. The number of hydrogen-bond donors (Lipinski definition) is 2. The van der Waals surface area contributed by atoms with E-state index in [0.29, 0.717) is 41.6 Å². The van der Waals surface area contributed by atoms with Gasteiger partial charge in [0.1, 0.15) is 34.9 Å². The Morgan fingerprint density at radius 2 is 1.84 bits per heavy atom. The van der Waals surface area contributed by atoms with Gasteiger partial charge in [-0.25, -0.2) is 18.7 Å².